The maximum atomic E-state index is 13.8. The van der Waals surface area contributed by atoms with Crippen LogP contribution in [0.4, 0.5) is 13.6 Å². The number of rotatable bonds is 3. The molecule has 1 aliphatic heterocycles. The van der Waals surface area contributed by atoms with Crippen LogP contribution < -0.4 is 15.4 Å². The summed E-state index contributed by atoms with van der Waals surface area (Å²) in [5.41, 5.74) is 1.01. The lowest BCUT2D eigenvalue weighted by atomic mass is 10.1. The van der Waals surface area contributed by atoms with E-state index in [0.29, 0.717) is 6.54 Å². The largest absolute Gasteiger partial charge is 0.490 e. The Morgan fingerprint density at radius 3 is 3.05 bits per heavy atom. The fourth-order valence-electron chi connectivity index (χ4n) is 2.28. The first-order valence-electron chi connectivity index (χ1n) is 6.68. The number of nitrogens with one attached hydrogen (secondary N) is 2. The maximum Gasteiger partial charge on any atom is 0.315 e. The molecule has 3 rings (SSSR count). The van der Waals surface area contributed by atoms with Crippen LogP contribution in [0.1, 0.15) is 17.2 Å². The molecule has 1 atom stereocenters. The van der Waals surface area contributed by atoms with Gasteiger partial charge in [0.1, 0.15) is 24.0 Å². The van der Waals surface area contributed by atoms with Gasteiger partial charge in [0.15, 0.2) is 0 Å². The number of pyridine rings is 1. The van der Waals surface area contributed by atoms with E-state index < -0.39 is 23.7 Å². The predicted octanol–water partition coefficient (Wildman–Crippen LogP) is 2.29. The van der Waals surface area contributed by atoms with E-state index in [1.807, 2.05) is 6.07 Å². The number of carbonyl (C=O) groups excluding carboxylic acids is 1. The molecule has 2 amide bonds. The van der Waals surface area contributed by atoms with Gasteiger partial charge in [0.2, 0.25) is 0 Å². The zero-order valence-corrected chi connectivity index (χ0v) is 11.5. The highest BCUT2D eigenvalue weighted by Crippen LogP contribution is 2.35. The van der Waals surface area contributed by atoms with Crippen molar-refractivity contribution in [2.75, 3.05) is 6.61 Å². The van der Waals surface area contributed by atoms with Crippen molar-refractivity contribution in [2.24, 2.45) is 0 Å². The van der Waals surface area contributed by atoms with Gasteiger partial charge in [0, 0.05) is 31.1 Å². The normalized spacial score (nSPS) is 15.8. The number of fused-ring (bicyclic) bond motifs is 1. The van der Waals surface area contributed by atoms with Crippen molar-refractivity contribution in [3.8, 4) is 5.75 Å². The predicted molar refractivity (Wildman–Crippen MR) is 74.2 cm³/mol. The van der Waals surface area contributed by atoms with E-state index in [-0.39, 0.29) is 17.9 Å². The Hall–Kier alpha value is -2.70. The standard InChI is InChI=1S/C15H13F2N3O2/c16-10-4-11(17)14-12(8-22-13(14)5-10)20-15(21)19-7-9-2-1-3-18-6-9/h1-6,12H,7-8H2,(H2,19,20,21). The van der Waals surface area contributed by atoms with Crippen LogP contribution in [0.2, 0.25) is 0 Å². The minimum absolute atomic E-state index is 0.0655. The van der Waals surface area contributed by atoms with Crippen LogP contribution in [-0.4, -0.2) is 17.6 Å². The quantitative estimate of drug-likeness (QED) is 0.914. The first kappa shape index (κ1) is 14.2. The van der Waals surface area contributed by atoms with Crippen molar-refractivity contribution >= 4 is 6.03 Å². The third-order valence-electron chi connectivity index (χ3n) is 3.29. The third-order valence-corrected chi connectivity index (χ3v) is 3.29. The molecule has 1 unspecified atom stereocenters. The Kier molecular flexibility index (Phi) is 3.86. The van der Waals surface area contributed by atoms with Crippen molar-refractivity contribution in [1.29, 1.82) is 0 Å². The number of ether oxygens (including phenoxy) is 1. The summed E-state index contributed by atoms with van der Waals surface area (Å²) in [6.07, 6.45) is 3.27. The van der Waals surface area contributed by atoms with E-state index in [2.05, 4.69) is 15.6 Å². The summed E-state index contributed by atoms with van der Waals surface area (Å²) in [5.74, 6) is -1.32. The molecule has 1 aromatic carbocycles. The van der Waals surface area contributed by atoms with E-state index in [9.17, 15) is 13.6 Å². The van der Waals surface area contributed by atoms with E-state index in [4.69, 9.17) is 4.74 Å². The van der Waals surface area contributed by atoms with Crippen LogP contribution in [0.5, 0.6) is 5.75 Å². The number of hydrogen-bond acceptors (Lipinski definition) is 3. The second-order valence-corrected chi connectivity index (χ2v) is 4.85. The molecular weight excluding hydrogens is 292 g/mol. The highest BCUT2D eigenvalue weighted by molar-refractivity contribution is 5.74. The first-order valence-corrected chi connectivity index (χ1v) is 6.68. The van der Waals surface area contributed by atoms with Gasteiger partial charge in [-0.3, -0.25) is 4.98 Å². The molecule has 22 heavy (non-hydrogen) atoms. The molecule has 2 aromatic rings. The zero-order chi connectivity index (χ0) is 15.5. The van der Waals surface area contributed by atoms with Gasteiger partial charge >= 0.3 is 6.03 Å². The van der Waals surface area contributed by atoms with Crippen LogP contribution in [0, 0.1) is 11.6 Å². The Balaban J connectivity index is 1.62. The average molecular weight is 305 g/mol. The minimum Gasteiger partial charge on any atom is -0.490 e. The lowest BCUT2D eigenvalue weighted by Crippen LogP contribution is -2.38. The van der Waals surface area contributed by atoms with Crippen LogP contribution in [-0.2, 0) is 6.54 Å². The van der Waals surface area contributed by atoms with Gasteiger partial charge in [-0.25, -0.2) is 13.6 Å². The topological polar surface area (TPSA) is 63.2 Å². The smallest absolute Gasteiger partial charge is 0.315 e. The molecule has 0 bridgehead atoms. The molecule has 2 heterocycles. The zero-order valence-electron chi connectivity index (χ0n) is 11.5. The summed E-state index contributed by atoms with van der Waals surface area (Å²) in [6, 6.07) is 4.35. The van der Waals surface area contributed by atoms with Crippen molar-refractivity contribution < 1.29 is 18.3 Å². The van der Waals surface area contributed by atoms with E-state index in [1.165, 1.54) is 0 Å². The molecule has 114 valence electrons. The number of nitrogens with zero attached hydrogens (tertiary/aromatic N) is 1. The summed E-state index contributed by atoms with van der Waals surface area (Å²) >= 11 is 0. The Morgan fingerprint density at radius 1 is 1.41 bits per heavy atom. The summed E-state index contributed by atoms with van der Waals surface area (Å²) in [5, 5.41) is 5.25. The monoisotopic (exact) mass is 305 g/mol. The van der Waals surface area contributed by atoms with Crippen LogP contribution in [0.15, 0.2) is 36.7 Å². The fourth-order valence-corrected chi connectivity index (χ4v) is 2.28. The fraction of sp³-hybridized carbons (Fsp3) is 0.200. The molecule has 5 nitrogen and oxygen atoms in total. The number of halogens is 2. The van der Waals surface area contributed by atoms with Gasteiger partial charge < -0.3 is 15.4 Å². The molecule has 0 saturated carbocycles. The molecule has 1 aliphatic rings. The number of aromatic nitrogens is 1. The van der Waals surface area contributed by atoms with Gasteiger partial charge in [0.05, 0.1) is 11.6 Å². The third kappa shape index (κ3) is 2.98. The highest BCUT2D eigenvalue weighted by atomic mass is 19.1. The SMILES string of the molecule is O=C(NCc1cccnc1)NC1COc2cc(F)cc(F)c21. The molecule has 0 spiro atoms. The summed E-state index contributed by atoms with van der Waals surface area (Å²) in [6.45, 7) is 0.363. The van der Waals surface area contributed by atoms with Gasteiger partial charge in [-0.1, -0.05) is 6.07 Å². The lowest BCUT2D eigenvalue weighted by Gasteiger charge is -2.13. The molecule has 1 aromatic heterocycles. The Bertz CT molecular complexity index is 695. The average Bonchev–Trinajstić information content (AvgIpc) is 2.89. The summed E-state index contributed by atoms with van der Waals surface area (Å²) < 4.78 is 32.1. The number of hydrogen-bond donors (Lipinski definition) is 2. The van der Waals surface area contributed by atoms with Crippen LogP contribution in [0.3, 0.4) is 0 Å². The molecule has 7 heteroatoms. The van der Waals surface area contributed by atoms with Crippen LogP contribution in [0.25, 0.3) is 0 Å². The molecule has 0 radical (unpaired) electrons. The number of amides is 2. The van der Waals surface area contributed by atoms with E-state index in [1.54, 1.807) is 18.5 Å². The minimum atomic E-state index is -0.731. The Labute approximate surface area is 125 Å². The molecule has 0 fully saturated rings. The summed E-state index contributed by atoms with van der Waals surface area (Å²) in [7, 11) is 0. The van der Waals surface area contributed by atoms with Crippen LogP contribution >= 0.6 is 0 Å². The maximum absolute atomic E-state index is 13.8. The van der Waals surface area contributed by atoms with Gasteiger partial charge in [0.25, 0.3) is 0 Å². The van der Waals surface area contributed by atoms with Crippen molar-refractivity contribution in [1.82, 2.24) is 15.6 Å². The Morgan fingerprint density at radius 2 is 2.27 bits per heavy atom. The second kappa shape index (κ2) is 5.97. The number of carbonyl (C=O) groups is 1. The second-order valence-electron chi connectivity index (χ2n) is 4.85. The summed E-state index contributed by atoms with van der Waals surface area (Å²) in [4.78, 5) is 15.8. The van der Waals surface area contributed by atoms with Crippen molar-refractivity contribution in [2.45, 2.75) is 12.6 Å². The van der Waals surface area contributed by atoms with E-state index >= 15 is 0 Å². The number of benzene rings is 1. The van der Waals surface area contributed by atoms with E-state index in [0.717, 1.165) is 17.7 Å². The molecule has 0 aliphatic carbocycles. The first-order chi connectivity index (χ1) is 10.6. The highest BCUT2D eigenvalue weighted by Gasteiger charge is 2.29. The molecule has 0 saturated heterocycles. The van der Waals surface area contributed by atoms with Crippen molar-refractivity contribution in [3.63, 3.8) is 0 Å². The molecule has 2 N–H and O–H groups in total. The van der Waals surface area contributed by atoms with Gasteiger partial charge in [-0.2, -0.15) is 0 Å². The molecular formula is C15H13F2N3O2. The van der Waals surface area contributed by atoms with Crippen molar-refractivity contribution in [3.05, 3.63) is 59.4 Å². The lowest BCUT2D eigenvalue weighted by molar-refractivity contribution is 0.231. The van der Waals surface area contributed by atoms with Gasteiger partial charge in [-0.15, -0.1) is 0 Å². The number of urea groups is 1. The van der Waals surface area contributed by atoms with Gasteiger partial charge in [-0.05, 0) is 11.6 Å².